The van der Waals surface area contributed by atoms with E-state index in [1.54, 1.807) is 22.5 Å². The van der Waals surface area contributed by atoms with E-state index in [1.165, 1.54) is 4.88 Å². The minimum Gasteiger partial charge on any atom is -0.312 e. The number of carbonyl (C=O) groups excluding carboxylic acids is 2. The molecule has 1 aromatic carbocycles. The molecule has 0 saturated carbocycles. The summed E-state index contributed by atoms with van der Waals surface area (Å²) in [5.74, 6) is -0.625. The highest BCUT2D eigenvalue weighted by atomic mass is 32.1. The molecule has 0 aliphatic carbocycles. The fourth-order valence-corrected chi connectivity index (χ4v) is 3.38. The first-order chi connectivity index (χ1) is 11.5. The van der Waals surface area contributed by atoms with Crippen LogP contribution in [0.5, 0.6) is 0 Å². The number of nitrogens with one attached hydrogen (secondary N) is 1. The molecule has 2 heterocycles. The van der Waals surface area contributed by atoms with Crippen LogP contribution >= 0.6 is 11.3 Å². The maximum absolute atomic E-state index is 12.2. The molecule has 5 nitrogen and oxygen atoms in total. The maximum atomic E-state index is 12.2. The van der Waals surface area contributed by atoms with Crippen molar-refractivity contribution >= 4 is 35.1 Å². The summed E-state index contributed by atoms with van der Waals surface area (Å²) in [6.07, 6.45) is 1.84. The van der Waals surface area contributed by atoms with Gasteiger partial charge < -0.3 is 4.90 Å². The number of thiophene rings is 1. The third-order valence-electron chi connectivity index (χ3n) is 3.97. The Kier molecular flexibility index (Phi) is 4.76. The number of amides is 2. The van der Waals surface area contributed by atoms with Gasteiger partial charge in [-0.05, 0) is 38.1 Å². The Morgan fingerprint density at radius 2 is 2.00 bits per heavy atom. The molecule has 6 heteroatoms. The van der Waals surface area contributed by atoms with E-state index in [1.807, 2.05) is 50.2 Å². The second-order valence-electron chi connectivity index (χ2n) is 5.92. The Balaban J connectivity index is 1.59. The smallest absolute Gasteiger partial charge is 0.245 e. The molecule has 0 unspecified atom stereocenters. The molecule has 1 fully saturated rings. The summed E-state index contributed by atoms with van der Waals surface area (Å²) < 4.78 is 0. The van der Waals surface area contributed by atoms with Crippen LogP contribution < -0.4 is 10.3 Å². The molecule has 1 aromatic heterocycles. The average Bonchev–Trinajstić information content (AvgIpc) is 3.14. The number of hydrogen-bond acceptors (Lipinski definition) is 4. The number of hydrazone groups is 1. The van der Waals surface area contributed by atoms with Gasteiger partial charge in [-0.2, -0.15) is 5.10 Å². The van der Waals surface area contributed by atoms with Gasteiger partial charge in [-0.1, -0.05) is 17.7 Å². The van der Waals surface area contributed by atoms with Crippen LogP contribution in [-0.2, 0) is 9.59 Å². The zero-order valence-corrected chi connectivity index (χ0v) is 14.5. The number of aryl methyl sites for hydroxylation is 2. The second kappa shape index (κ2) is 6.97. The lowest BCUT2D eigenvalue weighted by atomic mass is 10.1. The number of hydrogen-bond donors (Lipinski definition) is 1. The van der Waals surface area contributed by atoms with E-state index in [0.29, 0.717) is 6.54 Å². The predicted molar refractivity (Wildman–Crippen MR) is 96.4 cm³/mol. The lowest BCUT2D eigenvalue weighted by Crippen LogP contribution is -2.30. The first-order valence-electron chi connectivity index (χ1n) is 7.79. The molecule has 1 aliphatic heterocycles. The van der Waals surface area contributed by atoms with Crippen molar-refractivity contribution in [2.75, 3.05) is 11.4 Å². The maximum Gasteiger partial charge on any atom is 0.245 e. The molecule has 1 saturated heterocycles. The van der Waals surface area contributed by atoms with E-state index < -0.39 is 0 Å². The fourth-order valence-electron chi connectivity index (χ4n) is 2.63. The van der Waals surface area contributed by atoms with Crippen LogP contribution in [-0.4, -0.2) is 24.6 Å². The SMILES string of the molecule is Cc1ccc(N2C[C@H](C(=O)N/N=C\c3ccc(C)s3)CC2=O)cc1. The van der Waals surface area contributed by atoms with Gasteiger partial charge in [0.1, 0.15) is 0 Å². The standard InChI is InChI=1S/C18H19N3O2S/c1-12-3-6-15(7-4-12)21-11-14(9-17(21)22)18(23)20-19-10-16-8-5-13(2)24-16/h3-8,10,14H,9,11H2,1-2H3,(H,20,23)/b19-10-/t14-/m1/s1. The lowest BCUT2D eigenvalue weighted by Gasteiger charge is -2.16. The molecule has 1 atom stereocenters. The quantitative estimate of drug-likeness (QED) is 0.686. The van der Waals surface area contributed by atoms with Crippen LogP contribution in [0.1, 0.15) is 21.7 Å². The average molecular weight is 341 g/mol. The lowest BCUT2D eigenvalue weighted by molar-refractivity contribution is -0.126. The van der Waals surface area contributed by atoms with Crippen LogP contribution in [0.3, 0.4) is 0 Å². The summed E-state index contributed by atoms with van der Waals surface area (Å²) >= 11 is 1.61. The third kappa shape index (κ3) is 3.71. The van der Waals surface area contributed by atoms with Gasteiger partial charge in [0.05, 0.1) is 12.1 Å². The van der Waals surface area contributed by atoms with Crippen molar-refractivity contribution in [2.24, 2.45) is 11.0 Å². The van der Waals surface area contributed by atoms with Gasteiger partial charge in [0.15, 0.2) is 0 Å². The third-order valence-corrected chi connectivity index (χ3v) is 4.90. The number of rotatable bonds is 4. The Morgan fingerprint density at radius 1 is 1.25 bits per heavy atom. The molecule has 2 amide bonds. The van der Waals surface area contributed by atoms with Crippen LogP contribution in [0.15, 0.2) is 41.5 Å². The molecule has 0 bridgehead atoms. The number of benzene rings is 1. The van der Waals surface area contributed by atoms with Gasteiger partial charge in [0.25, 0.3) is 0 Å². The van der Waals surface area contributed by atoms with Crippen molar-refractivity contribution in [3.8, 4) is 0 Å². The molecule has 3 rings (SSSR count). The van der Waals surface area contributed by atoms with Gasteiger partial charge in [-0.25, -0.2) is 5.43 Å². The summed E-state index contributed by atoms with van der Waals surface area (Å²) in [5, 5.41) is 3.99. The van der Waals surface area contributed by atoms with Gasteiger partial charge in [-0.3, -0.25) is 9.59 Å². The monoisotopic (exact) mass is 341 g/mol. The molecule has 24 heavy (non-hydrogen) atoms. The largest absolute Gasteiger partial charge is 0.312 e. The Bertz CT molecular complexity index is 780. The molecule has 0 radical (unpaired) electrons. The Labute approximate surface area is 145 Å². The number of nitrogens with zero attached hydrogens (tertiary/aromatic N) is 2. The first-order valence-corrected chi connectivity index (χ1v) is 8.61. The molecule has 124 valence electrons. The summed E-state index contributed by atoms with van der Waals surface area (Å²) in [4.78, 5) is 28.2. The summed E-state index contributed by atoms with van der Waals surface area (Å²) in [6, 6.07) is 11.7. The molecular formula is C18H19N3O2S. The van der Waals surface area contributed by atoms with E-state index in [-0.39, 0.29) is 24.2 Å². The summed E-state index contributed by atoms with van der Waals surface area (Å²) in [7, 11) is 0. The Morgan fingerprint density at radius 3 is 2.67 bits per heavy atom. The highest BCUT2D eigenvalue weighted by molar-refractivity contribution is 7.13. The highest BCUT2D eigenvalue weighted by Gasteiger charge is 2.35. The van der Waals surface area contributed by atoms with E-state index in [0.717, 1.165) is 16.1 Å². The second-order valence-corrected chi connectivity index (χ2v) is 7.24. The van der Waals surface area contributed by atoms with E-state index in [2.05, 4.69) is 10.5 Å². The zero-order valence-electron chi connectivity index (χ0n) is 13.7. The first kappa shape index (κ1) is 16.4. The normalized spacial score (nSPS) is 17.7. The highest BCUT2D eigenvalue weighted by Crippen LogP contribution is 2.25. The van der Waals surface area contributed by atoms with Crippen LogP contribution in [0, 0.1) is 19.8 Å². The molecular weight excluding hydrogens is 322 g/mol. The van der Waals surface area contributed by atoms with E-state index in [4.69, 9.17) is 0 Å². The van der Waals surface area contributed by atoms with Crippen molar-refractivity contribution in [3.63, 3.8) is 0 Å². The number of anilines is 1. The minimum atomic E-state index is -0.374. The fraction of sp³-hybridized carbons (Fsp3) is 0.278. The topological polar surface area (TPSA) is 61.8 Å². The predicted octanol–water partition coefficient (Wildman–Crippen LogP) is 2.87. The van der Waals surface area contributed by atoms with Gasteiger partial charge in [0.2, 0.25) is 11.8 Å². The summed E-state index contributed by atoms with van der Waals surface area (Å²) in [6.45, 7) is 4.41. The zero-order chi connectivity index (χ0) is 17.1. The Hall–Kier alpha value is -2.47. The van der Waals surface area contributed by atoms with Gasteiger partial charge >= 0.3 is 0 Å². The van der Waals surface area contributed by atoms with E-state index >= 15 is 0 Å². The van der Waals surface area contributed by atoms with Crippen molar-refractivity contribution in [3.05, 3.63) is 51.7 Å². The number of carbonyl (C=O) groups is 2. The van der Waals surface area contributed by atoms with Gasteiger partial charge in [0, 0.05) is 28.4 Å². The molecule has 2 aromatic rings. The van der Waals surface area contributed by atoms with Crippen LogP contribution in [0.2, 0.25) is 0 Å². The van der Waals surface area contributed by atoms with Gasteiger partial charge in [-0.15, -0.1) is 11.3 Å². The molecule has 0 spiro atoms. The van der Waals surface area contributed by atoms with Crippen molar-refractivity contribution < 1.29 is 9.59 Å². The van der Waals surface area contributed by atoms with Crippen molar-refractivity contribution in [2.45, 2.75) is 20.3 Å². The molecule has 1 aliphatic rings. The van der Waals surface area contributed by atoms with Crippen LogP contribution in [0.25, 0.3) is 0 Å². The minimum absolute atomic E-state index is 0.0307. The van der Waals surface area contributed by atoms with Crippen molar-refractivity contribution in [1.82, 2.24) is 5.43 Å². The molecule has 1 N–H and O–H groups in total. The van der Waals surface area contributed by atoms with Crippen molar-refractivity contribution in [1.29, 1.82) is 0 Å². The van der Waals surface area contributed by atoms with Crippen LogP contribution in [0.4, 0.5) is 5.69 Å². The summed E-state index contributed by atoms with van der Waals surface area (Å²) in [5.41, 5.74) is 4.51. The van der Waals surface area contributed by atoms with E-state index in [9.17, 15) is 9.59 Å².